The van der Waals surface area contributed by atoms with Gasteiger partial charge in [0.15, 0.2) is 5.82 Å². The summed E-state index contributed by atoms with van der Waals surface area (Å²) in [6, 6.07) is 1.10. The number of nitrogens with zero attached hydrogens (tertiary/aromatic N) is 3. The van der Waals surface area contributed by atoms with Crippen LogP contribution in [0, 0.1) is 5.92 Å². The van der Waals surface area contributed by atoms with E-state index < -0.39 is 11.6 Å². The average molecular weight is 449 g/mol. The van der Waals surface area contributed by atoms with E-state index in [1.165, 1.54) is 6.08 Å². The fourth-order valence-corrected chi connectivity index (χ4v) is 4.43. The number of methoxy groups -OCH3 is 1. The van der Waals surface area contributed by atoms with Crippen LogP contribution in [0.5, 0.6) is 0 Å². The summed E-state index contributed by atoms with van der Waals surface area (Å²) in [6.45, 7) is 6.27. The number of anilines is 1. The molecule has 1 aromatic rings. The van der Waals surface area contributed by atoms with Gasteiger partial charge in [-0.3, -0.25) is 14.3 Å². The predicted molar refractivity (Wildman–Crippen MR) is 120 cm³/mol. The Balaban J connectivity index is 1.69. The molecule has 9 nitrogen and oxygen atoms in total. The number of carbonyl (C=O) groups excluding carboxylic acids is 2. The van der Waals surface area contributed by atoms with Crippen molar-refractivity contribution in [2.45, 2.75) is 77.2 Å². The van der Waals surface area contributed by atoms with Gasteiger partial charge in [0.25, 0.3) is 5.91 Å². The largest absolute Gasteiger partial charge is 0.491 e. The zero-order valence-corrected chi connectivity index (χ0v) is 19.5. The molecule has 0 radical (unpaired) electrons. The van der Waals surface area contributed by atoms with Crippen molar-refractivity contribution in [1.29, 1.82) is 0 Å². The molecule has 2 N–H and O–H groups in total. The van der Waals surface area contributed by atoms with Crippen LogP contribution in [0.3, 0.4) is 0 Å². The monoisotopic (exact) mass is 448 g/mol. The summed E-state index contributed by atoms with van der Waals surface area (Å²) < 4.78 is 12.5. The summed E-state index contributed by atoms with van der Waals surface area (Å²) in [7, 11) is 1.60. The number of ether oxygens (including phenoxy) is 2. The van der Waals surface area contributed by atoms with Gasteiger partial charge in [0.1, 0.15) is 17.9 Å². The molecule has 1 fully saturated rings. The minimum atomic E-state index is -0.914. The molecule has 2 aliphatic rings. The molecule has 2 amide bonds. The number of aliphatic hydroxyl groups is 1. The molecule has 0 bridgehead atoms. The lowest BCUT2D eigenvalue weighted by atomic mass is 9.96. The molecule has 0 spiro atoms. The van der Waals surface area contributed by atoms with Crippen LogP contribution in [-0.2, 0) is 25.6 Å². The molecule has 32 heavy (non-hydrogen) atoms. The molecule has 3 rings (SSSR count). The number of carbonyl (C=O) groups is 2. The number of aromatic nitrogens is 2. The first-order chi connectivity index (χ1) is 15.1. The van der Waals surface area contributed by atoms with Crippen LogP contribution in [0.15, 0.2) is 24.1 Å². The van der Waals surface area contributed by atoms with Gasteiger partial charge >= 0.3 is 0 Å². The van der Waals surface area contributed by atoms with Crippen LogP contribution in [0.25, 0.3) is 0 Å². The summed E-state index contributed by atoms with van der Waals surface area (Å²) in [5.41, 5.74) is -0.914. The second kappa shape index (κ2) is 10.5. The quantitative estimate of drug-likeness (QED) is 0.538. The SMILES string of the molecule is COC[C@H](C)OC1=CC(=O)N(C(CC2CCCC2)C(=O)Nc2ccn(CC(C)(C)O)n2)C1. The highest BCUT2D eigenvalue weighted by Crippen LogP contribution is 2.31. The molecule has 0 aromatic carbocycles. The third-order valence-electron chi connectivity index (χ3n) is 5.80. The van der Waals surface area contributed by atoms with Crippen LogP contribution in [0.4, 0.5) is 5.82 Å². The van der Waals surface area contributed by atoms with Gasteiger partial charge in [0.2, 0.25) is 5.91 Å². The fraction of sp³-hybridized carbons (Fsp3) is 0.696. The Labute approximate surface area is 189 Å². The molecule has 0 saturated heterocycles. The lowest BCUT2D eigenvalue weighted by Gasteiger charge is -2.29. The molecule has 1 aromatic heterocycles. The van der Waals surface area contributed by atoms with E-state index in [0.717, 1.165) is 25.7 Å². The second-order valence-corrected chi connectivity index (χ2v) is 9.56. The van der Waals surface area contributed by atoms with E-state index >= 15 is 0 Å². The molecule has 1 unspecified atom stereocenters. The van der Waals surface area contributed by atoms with Gasteiger partial charge in [-0.2, -0.15) is 5.10 Å². The first kappa shape index (κ1) is 24.3. The lowest BCUT2D eigenvalue weighted by Crippen LogP contribution is -2.46. The van der Waals surface area contributed by atoms with Crippen molar-refractivity contribution in [2.75, 3.05) is 25.6 Å². The minimum absolute atomic E-state index is 0.180. The Morgan fingerprint density at radius 1 is 1.38 bits per heavy atom. The van der Waals surface area contributed by atoms with E-state index in [9.17, 15) is 14.7 Å². The van der Waals surface area contributed by atoms with Crippen molar-refractivity contribution < 1.29 is 24.2 Å². The van der Waals surface area contributed by atoms with E-state index in [0.29, 0.717) is 37.1 Å². The molecule has 1 aliphatic carbocycles. The van der Waals surface area contributed by atoms with E-state index in [1.807, 2.05) is 6.92 Å². The van der Waals surface area contributed by atoms with Gasteiger partial charge in [-0.1, -0.05) is 25.7 Å². The maximum Gasteiger partial charge on any atom is 0.251 e. The number of nitrogens with one attached hydrogen (secondary N) is 1. The highest BCUT2D eigenvalue weighted by atomic mass is 16.5. The number of rotatable bonds is 11. The molecule has 178 valence electrons. The molecular formula is C23H36N4O5. The van der Waals surface area contributed by atoms with E-state index in [1.54, 1.807) is 42.8 Å². The van der Waals surface area contributed by atoms with Crippen molar-refractivity contribution in [2.24, 2.45) is 5.92 Å². The minimum Gasteiger partial charge on any atom is -0.491 e. The second-order valence-electron chi connectivity index (χ2n) is 9.56. The molecule has 9 heteroatoms. The summed E-state index contributed by atoms with van der Waals surface area (Å²) in [4.78, 5) is 27.6. The smallest absolute Gasteiger partial charge is 0.251 e. The van der Waals surface area contributed by atoms with E-state index in [2.05, 4.69) is 10.4 Å². The van der Waals surface area contributed by atoms with Gasteiger partial charge in [0, 0.05) is 25.4 Å². The molecular weight excluding hydrogens is 412 g/mol. The molecule has 1 saturated carbocycles. The van der Waals surface area contributed by atoms with Gasteiger partial charge in [0.05, 0.1) is 25.3 Å². The standard InChI is InChI=1S/C23H36N4O5/c1-16(14-31-4)32-18-12-21(28)27(13-18)19(11-17-7-5-6-8-17)22(29)24-20-9-10-26(25-20)15-23(2,3)30/h9-10,12,16-17,19,30H,5-8,11,13-15H2,1-4H3,(H,24,25,29)/t16-,19?/m0/s1. The number of hydrogen-bond donors (Lipinski definition) is 2. The highest BCUT2D eigenvalue weighted by Gasteiger charge is 2.36. The lowest BCUT2D eigenvalue weighted by molar-refractivity contribution is -0.134. The Bertz CT molecular complexity index is 823. The van der Waals surface area contributed by atoms with E-state index in [4.69, 9.17) is 9.47 Å². The van der Waals surface area contributed by atoms with Gasteiger partial charge in [-0.15, -0.1) is 0 Å². The first-order valence-corrected chi connectivity index (χ1v) is 11.4. The van der Waals surface area contributed by atoms with Gasteiger partial charge < -0.3 is 24.8 Å². The number of hydrogen-bond acceptors (Lipinski definition) is 6. The predicted octanol–water partition coefficient (Wildman–Crippen LogP) is 2.32. The van der Waals surface area contributed by atoms with Crippen LogP contribution in [0.1, 0.15) is 52.9 Å². The maximum absolute atomic E-state index is 13.3. The zero-order valence-electron chi connectivity index (χ0n) is 19.5. The average Bonchev–Trinajstić information content (AvgIpc) is 3.41. The normalized spacial score (nSPS) is 19.2. The summed E-state index contributed by atoms with van der Waals surface area (Å²) in [5, 5.41) is 17.2. The third kappa shape index (κ3) is 6.80. The van der Waals surface area contributed by atoms with Crippen molar-refractivity contribution in [3.63, 3.8) is 0 Å². The van der Waals surface area contributed by atoms with Crippen LogP contribution >= 0.6 is 0 Å². The van der Waals surface area contributed by atoms with Crippen molar-refractivity contribution >= 4 is 17.6 Å². The first-order valence-electron chi connectivity index (χ1n) is 11.4. The van der Waals surface area contributed by atoms with Gasteiger partial charge in [-0.25, -0.2) is 0 Å². The van der Waals surface area contributed by atoms with Crippen LogP contribution in [-0.4, -0.2) is 69.6 Å². The van der Waals surface area contributed by atoms with Crippen molar-refractivity contribution in [3.05, 3.63) is 24.1 Å². The third-order valence-corrected chi connectivity index (χ3v) is 5.80. The maximum atomic E-state index is 13.3. The molecule has 1 aliphatic heterocycles. The summed E-state index contributed by atoms with van der Waals surface area (Å²) in [5.74, 6) is 0.913. The summed E-state index contributed by atoms with van der Waals surface area (Å²) >= 11 is 0. The van der Waals surface area contributed by atoms with Crippen molar-refractivity contribution in [3.8, 4) is 0 Å². The fourth-order valence-electron chi connectivity index (χ4n) is 4.43. The summed E-state index contributed by atoms with van der Waals surface area (Å²) in [6.07, 6.45) is 8.11. The zero-order chi connectivity index (χ0) is 23.3. The Kier molecular flexibility index (Phi) is 7.95. The molecule has 2 heterocycles. The Morgan fingerprint density at radius 3 is 2.75 bits per heavy atom. The van der Waals surface area contributed by atoms with Crippen LogP contribution < -0.4 is 5.32 Å². The molecule has 2 atom stereocenters. The Morgan fingerprint density at radius 2 is 2.09 bits per heavy atom. The Hall–Kier alpha value is -2.39. The van der Waals surface area contributed by atoms with Crippen LogP contribution in [0.2, 0.25) is 0 Å². The topological polar surface area (TPSA) is 106 Å². The van der Waals surface area contributed by atoms with Gasteiger partial charge in [-0.05, 0) is 33.1 Å². The highest BCUT2D eigenvalue weighted by molar-refractivity contribution is 5.99. The van der Waals surface area contributed by atoms with Crippen molar-refractivity contribution in [1.82, 2.24) is 14.7 Å². The van der Waals surface area contributed by atoms with E-state index in [-0.39, 0.29) is 24.5 Å². The number of amides is 2.